The highest BCUT2D eigenvalue weighted by Gasteiger charge is 2.24. The van der Waals surface area contributed by atoms with Gasteiger partial charge in [-0.1, -0.05) is 30.9 Å². The van der Waals surface area contributed by atoms with Crippen molar-refractivity contribution in [3.63, 3.8) is 0 Å². The topological polar surface area (TPSA) is 112 Å². The number of allylic oxidation sites excluding steroid dienone is 1. The number of anilines is 1. The maximum Gasteiger partial charge on any atom is 0.147 e. The molecule has 0 amide bonds. The van der Waals surface area contributed by atoms with E-state index in [1.807, 2.05) is 37.3 Å². The number of aromatic amines is 2. The van der Waals surface area contributed by atoms with Crippen molar-refractivity contribution < 1.29 is 4.39 Å². The fourth-order valence-corrected chi connectivity index (χ4v) is 4.62. The summed E-state index contributed by atoms with van der Waals surface area (Å²) in [7, 11) is 0. The van der Waals surface area contributed by atoms with Crippen molar-refractivity contribution in [1.82, 2.24) is 30.1 Å². The van der Waals surface area contributed by atoms with E-state index in [1.165, 1.54) is 6.07 Å². The first-order chi connectivity index (χ1) is 18.0. The first-order valence-corrected chi connectivity index (χ1v) is 12.0. The Kier molecular flexibility index (Phi) is 5.61. The van der Waals surface area contributed by atoms with Gasteiger partial charge in [-0.15, -0.1) is 0 Å². The number of halogens is 1. The van der Waals surface area contributed by atoms with Gasteiger partial charge in [-0.3, -0.25) is 10.1 Å². The number of aromatic nitrogens is 6. The van der Waals surface area contributed by atoms with Gasteiger partial charge in [0.25, 0.3) is 0 Å². The molecule has 4 N–H and O–H groups in total. The van der Waals surface area contributed by atoms with Crippen LogP contribution in [0.4, 0.5) is 10.2 Å². The van der Waals surface area contributed by atoms with Gasteiger partial charge in [-0.25, -0.2) is 14.4 Å². The summed E-state index contributed by atoms with van der Waals surface area (Å²) in [6.45, 7) is 7.72. The SMILES string of the molecule is C=C(/C=c1/c(-c2cc3c(-c4ccccc4F)ccnc3[nH]2)n[nH]/c1=C/C)c1cncc(N2CC(N)C2)n1. The molecule has 1 aromatic carbocycles. The highest BCUT2D eigenvalue weighted by atomic mass is 19.1. The molecule has 1 aliphatic heterocycles. The molecule has 1 fully saturated rings. The van der Waals surface area contributed by atoms with E-state index in [2.05, 4.69) is 36.6 Å². The third-order valence-corrected chi connectivity index (χ3v) is 6.58. The first-order valence-electron chi connectivity index (χ1n) is 12.0. The average Bonchev–Trinajstić information content (AvgIpc) is 3.51. The lowest BCUT2D eigenvalue weighted by Gasteiger charge is -2.37. The van der Waals surface area contributed by atoms with Crippen molar-refractivity contribution in [3.05, 3.63) is 83.6 Å². The van der Waals surface area contributed by atoms with E-state index >= 15 is 0 Å². The number of hydrogen-bond acceptors (Lipinski definition) is 6. The van der Waals surface area contributed by atoms with Crippen LogP contribution in [-0.2, 0) is 0 Å². The van der Waals surface area contributed by atoms with Crippen LogP contribution in [0.2, 0.25) is 0 Å². The Hall–Kier alpha value is -4.63. The van der Waals surface area contributed by atoms with Crippen molar-refractivity contribution in [2.75, 3.05) is 18.0 Å². The number of nitrogens with two attached hydrogens (primary N) is 1. The molecule has 5 aromatic rings. The van der Waals surface area contributed by atoms with E-state index < -0.39 is 0 Å². The quantitative estimate of drug-likeness (QED) is 0.348. The van der Waals surface area contributed by atoms with Crippen LogP contribution in [0.5, 0.6) is 0 Å². The zero-order valence-electron chi connectivity index (χ0n) is 20.2. The number of nitrogens with zero attached hydrogens (tertiary/aromatic N) is 5. The summed E-state index contributed by atoms with van der Waals surface area (Å²) >= 11 is 0. The smallest absolute Gasteiger partial charge is 0.147 e. The van der Waals surface area contributed by atoms with Crippen LogP contribution < -0.4 is 21.2 Å². The molecule has 0 saturated carbocycles. The molecule has 8 nitrogen and oxygen atoms in total. The van der Waals surface area contributed by atoms with Crippen molar-refractivity contribution in [2.24, 2.45) is 5.73 Å². The van der Waals surface area contributed by atoms with Crippen molar-refractivity contribution in [1.29, 1.82) is 0 Å². The molecular formula is C28H25FN8. The lowest BCUT2D eigenvalue weighted by atomic mass is 10.0. The predicted molar refractivity (Wildman–Crippen MR) is 144 cm³/mol. The zero-order valence-corrected chi connectivity index (χ0v) is 20.2. The molecule has 0 bridgehead atoms. The molecular weight excluding hydrogens is 467 g/mol. The van der Waals surface area contributed by atoms with Crippen molar-refractivity contribution in [3.8, 4) is 22.5 Å². The van der Waals surface area contributed by atoms with Crippen LogP contribution in [0.1, 0.15) is 12.6 Å². The van der Waals surface area contributed by atoms with Gasteiger partial charge in [-0.2, -0.15) is 5.10 Å². The minimum Gasteiger partial charge on any atom is -0.352 e. The highest BCUT2D eigenvalue weighted by Crippen LogP contribution is 2.31. The Balaban J connectivity index is 1.43. The summed E-state index contributed by atoms with van der Waals surface area (Å²) in [5.41, 5.74) is 10.7. The summed E-state index contributed by atoms with van der Waals surface area (Å²) in [4.78, 5) is 19.0. The third kappa shape index (κ3) is 4.09. The summed E-state index contributed by atoms with van der Waals surface area (Å²) in [5, 5.41) is 10.2. The van der Waals surface area contributed by atoms with Gasteiger partial charge < -0.3 is 15.6 Å². The van der Waals surface area contributed by atoms with Crippen LogP contribution in [0.15, 0.2) is 61.6 Å². The number of rotatable bonds is 5. The normalized spacial score (nSPS) is 14.9. The van der Waals surface area contributed by atoms with Gasteiger partial charge >= 0.3 is 0 Å². The average molecular weight is 493 g/mol. The van der Waals surface area contributed by atoms with Crippen LogP contribution >= 0.6 is 0 Å². The van der Waals surface area contributed by atoms with Gasteiger partial charge in [0.15, 0.2) is 0 Å². The van der Waals surface area contributed by atoms with E-state index in [0.29, 0.717) is 28.2 Å². The molecule has 4 aromatic heterocycles. The van der Waals surface area contributed by atoms with Crippen LogP contribution in [-0.4, -0.2) is 49.3 Å². The Morgan fingerprint density at radius 1 is 1.19 bits per heavy atom. The van der Waals surface area contributed by atoms with Crippen molar-refractivity contribution >= 4 is 34.6 Å². The van der Waals surface area contributed by atoms with Crippen LogP contribution in [0.25, 0.3) is 51.3 Å². The molecule has 5 heterocycles. The molecule has 37 heavy (non-hydrogen) atoms. The van der Waals surface area contributed by atoms with E-state index in [0.717, 1.165) is 46.1 Å². The van der Waals surface area contributed by atoms with Gasteiger partial charge in [0.05, 0.1) is 29.1 Å². The van der Waals surface area contributed by atoms with E-state index in [1.54, 1.807) is 30.7 Å². The molecule has 0 atom stereocenters. The number of hydrogen-bond donors (Lipinski definition) is 3. The summed E-state index contributed by atoms with van der Waals surface area (Å²) < 4.78 is 14.6. The molecule has 1 aliphatic rings. The van der Waals surface area contributed by atoms with Crippen LogP contribution in [0, 0.1) is 5.82 Å². The highest BCUT2D eigenvalue weighted by molar-refractivity contribution is 5.96. The molecule has 1 saturated heterocycles. The number of H-pyrrole nitrogens is 2. The second-order valence-electron chi connectivity index (χ2n) is 9.07. The van der Waals surface area contributed by atoms with E-state index in [-0.39, 0.29) is 11.9 Å². The molecule has 0 radical (unpaired) electrons. The second kappa shape index (κ2) is 9.11. The van der Waals surface area contributed by atoms with Gasteiger partial charge in [0, 0.05) is 41.5 Å². The lowest BCUT2D eigenvalue weighted by Crippen LogP contribution is -2.56. The molecule has 0 unspecified atom stereocenters. The molecule has 0 aliphatic carbocycles. The maximum atomic E-state index is 14.6. The molecule has 0 spiro atoms. The fourth-order valence-electron chi connectivity index (χ4n) is 4.62. The standard InChI is InChI=1S/C28H25FN8/c1-3-23-21(10-16(2)25-12-31-13-26(33-25)37-14-17(30)15-37)27(36-35-23)24-11-20-18(8-9-32-28(20)34-24)19-6-4-5-7-22(19)29/h3-13,17,35H,2,14-15,30H2,1H3,(H,32,34)/b21-10+,23-3+. The molecule has 184 valence electrons. The molecule has 9 heteroatoms. The van der Waals surface area contributed by atoms with Gasteiger partial charge in [0.2, 0.25) is 0 Å². The van der Waals surface area contributed by atoms with Gasteiger partial charge in [0.1, 0.15) is 23.0 Å². The second-order valence-corrected chi connectivity index (χ2v) is 9.07. The summed E-state index contributed by atoms with van der Waals surface area (Å²) in [5.74, 6) is 0.500. The Labute approximate surface area is 212 Å². The Morgan fingerprint density at radius 3 is 2.81 bits per heavy atom. The van der Waals surface area contributed by atoms with E-state index in [9.17, 15) is 4.39 Å². The number of pyridine rings is 1. The Bertz CT molecular complexity index is 1760. The predicted octanol–water partition coefficient (Wildman–Crippen LogP) is 2.99. The third-order valence-electron chi connectivity index (χ3n) is 6.58. The summed E-state index contributed by atoms with van der Waals surface area (Å²) in [6.07, 6.45) is 9.00. The maximum absolute atomic E-state index is 14.6. The summed E-state index contributed by atoms with van der Waals surface area (Å²) in [6, 6.07) is 10.7. The minimum atomic E-state index is -0.283. The number of benzene rings is 1. The van der Waals surface area contributed by atoms with Crippen LogP contribution in [0.3, 0.4) is 0 Å². The first kappa shape index (κ1) is 22.8. The van der Waals surface area contributed by atoms with Gasteiger partial charge in [-0.05, 0) is 42.3 Å². The zero-order chi connectivity index (χ0) is 25.5. The monoisotopic (exact) mass is 492 g/mol. The number of fused-ring (bicyclic) bond motifs is 1. The number of nitrogens with one attached hydrogen (secondary N) is 2. The van der Waals surface area contributed by atoms with E-state index in [4.69, 9.17) is 10.7 Å². The molecule has 6 rings (SSSR count). The largest absolute Gasteiger partial charge is 0.352 e. The van der Waals surface area contributed by atoms with Crippen molar-refractivity contribution in [2.45, 2.75) is 13.0 Å². The Morgan fingerprint density at radius 2 is 2.03 bits per heavy atom. The fraction of sp³-hybridized carbons (Fsp3) is 0.143. The lowest BCUT2D eigenvalue weighted by molar-refractivity contribution is 0.513. The minimum absolute atomic E-state index is 0.168.